The summed E-state index contributed by atoms with van der Waals surface area (Å²) in [5, 5.41) is 11.9. The molecule has 0 heterocycles. The van der Waals surface area contributed by atoms with Gasteiger partial charge in [-0.1, -0.05) is 6.92 Å². The number of carboxylic acid groups (broad SMARTS) is 1. The number of nitrogens with one attached hydrogen (secondary N) is 1. The minimum absolute atomic E-state index is 0.0468. The van der Waals surface area contributed by atoms with Gasteiger partial charge in [0.1, 0.15) is 0 Å². The smallest absolute Gasteiger partial charge is 0.303 e. The largest absolute Gasteiger partial charge is 0.481 e. The molecule has 4 aliphatic rings. The molecule has 4 aliphatic carbocycles. The molecular weight excluding hydrogens is 266 g/mol. The Morgan fingerprint density at radius 2 is 1.86 bits per heavy atom. The molecule has 0 radical (unpaired) electrons. The third-order valence-electron chi connectivity index (χ3n) is 6.00. The lowest BCUT2D eigenvalue weighted by atomic mass is 9.44. The summed E-state index contributed by atoms with van der Waals surface area (Å²) < 4.78 is 0. The van der Waals surface area contributed by atoms with E-state index in [2.05, 4.69) is 12.2 Å². The van der Waals surface area contributed by atoms with Gasteiger partial charge >= 0.3 is 5.97 Å². The van der Waals surface area contributed by atoms with Crippen LogP contribution in [0.2, 0.25) is 0 Å². The van der Waals surface area contributed by atoms with Crippen molar-refractivity contribution < 1.29 is 14.7 Å². The highest BCUT2D eigenvalue weighted by Gasteiger charge is 2.58. The fourth-order valence-electron chi connectivity index (χ4n) is 5.78. The first kappa shape index (κ1) is 14.9. The molecule has 21 heavy (non-hydrogen) atoms. The molecular formula is C17H27NO3. The third kappa shape index (κ3) is 2.82. The molecule has 0 saturated heterocycles. The van der Waals surface area contributed by atoms with Crippen molar-refractivity contribution in [2.75, 3.05) is 0 Å². The van der Waals surface area contributed by atoms with Gasteiger partial charge in [-0.25, -0.2) is 0 Å². The third-order valence-corrected chi connectivity index (χ3v) is 6.00. The van der Waals surface area contributed by atoms with Crippen molar-refractivity contribution in [2.24, 2.45) is 22.7 Å². The van der Waals surface area contributed by atoms with Crippen LogP contribution in [0, 0.1) is 22.7 Å². The van der Waals surface area contributed by atoms with Crippen LogP contribution in [-0.2, 0) is 9.59 Å². The molecule has 0 aromatic carbocycles. The van der Waals surface area contributed by atoms with E-state index in [1.54, 1.807) is 0 Å². The van der Waals surface area contributed by atoms with Gasteiger partial charge in [0.15, 0.2) is 0 Å². The molecule has 3 atom stereocenters. The Balaban J connectivity index is 1.65. The van der Waals surface area contributed by atoms with Gasteiger partial charge in [-0.15, -0.1) is 0 Å². The molecule has 4 heteroatoms. The molecule has 3 unspecified atom stereocenters. The summed E-state index contributed by atoms with van der Waals surface area (Å²) >= 11 is 0. The Hall–Kier alpha value is -1.06. The normalized spacial score (nSPS) is 41.8. The predicted molar refractivity (Wildman–Crippen MR) is 79.7 cm³/mol. The standard InChI is InChI=1S/C17H27NO3/c1-11(3-4-14(19)20)18-15(21)17-8-12-5-13(9-17)7-16(2,6-12)10-17/h11-13H,3-10H2,1-2H3,(H,18,21)(H,19,20). The van der Waals surface area contributed by atoms with Crippen LogP contribution in [0.25, 0.3) is 0 Å². The van der Waals surface area contributed by atoms with E-state index in [0.29, 0.717) is 11.8 Å². The van der Waals surface area contributed by atoms with Gasteiger partial charge < -0.3 is 10.4 Å². The molecule has 118 valence electrons. The van der Waals surface area contributed by atoms with Crippen molar-refractivity contribution in [3.8, 4) is 0 Å². The van der Waals surface area contributed by atoms with Gasteiger partial charge in [0.2, 0.25) is 5.91 Å². The summed E-state index contributed by atoms with van der Waals surface area (Å²) in [4.78, 5) is 23.5. The summed E-state index contributed by atoms with van der Waals surface area (Å²) in [6.07, 6.45) is 7.69. The van der Waals surface area contributed by atoms with Gasteiger partial charge in [-0.2, -0.15) is 0 Å². The number of aliphatic carboxylic acids is 1. The van der Waals surface area contributed by atoms with Crippen LogP contribution in [0.3, 0.4) is 0 Å². The molecule has 0 aliphatic heterocycles. The van der Waals surface area contributed by atoms with Crippen LogP contribution in [-0.4, -0.2) is 23.0 Å². The van der Waals surface area contributed by atoms with Crippen molar-refractivity contribution in [1.29, 1.82) is 0 Å². The quantitative estimate of drug-likeness (QED) is 0.819. The van der Waals surface area contributed by atoms with E-state index < -0.39 is 5.97 Å². The zero-order chi connectivity index (χ0) is 15.3. The van der Waals surface area contributed by atoms with Crippen LogP contribution in [0.5, 0.6) is 0 Å². The second kappa shape index (κ2) is 4.99. The molecule has 0 aromatic heterocycles. The van der Waals surface area contributed by atoms with E-state index in [1.807, 2.05) is 6.92 Å². The highest BCUT2D eigenvalue weighted by atomic mass is 16.4. The second-order valence-electron chi connectivity index (χ2n) is 8.36. The summed E-state index contributed by atoms with van der Waals surface area (Å²) in [5.41, 5.74) is 0.210. The second-order valence-corrected chi connectivity index (χ2v) is 8.36. The minimum atomic E-state index is -0.793. The maximum Gasteiger partial charge on any atom is 0.303 e. The van der Waals surface area contributed by atoms with Crippen LogP contribution in [0.15, 0.2) is 0 Å². The fraction of sp³-hybridized carbons (Fsp3) is 0.882. The van der Waals surface area contributed by atoms with Gasteiger partial charge in [0.25, 0.3) is 0 Å². The Kier molecular flexibility index (Phi) is 3.53. The van der Waals surface area contributed by atoms with Crippen LogP contribution >= 0.6 is 0 Å². The molecule has 4 rings (SSSR count). The van der Waals surface area contributed by atoms with Crippen molar-refractivity contribution in [3.63, 3.8) is 0 Å². The van der Waals surface area contributed by atoms with Crippen LogP contribution in [0.4, 0.5) is 0 Å². The Bertz CT molecular complexity index is 445. The number of amides is 1. The minimum Gasteiger partial charge on any atom is -0.481 e. The monoisotopic (exact) mass is 293 g/mol. The molecule has 2 N–H and O–H groups in total. The zero-order valence-electron chi connectivity index (χ0n) is 13.2. The van der Waals surface area contributed by atoms with E-state index >= 15 is 0 Å². The summed E-state index contributed by atoms with van der Waals surface area (Å²) in [6, 6.07) is -0.0468. The topological polar surface area (TPSA) is 66.4 Å². The lowest BCUT2D eigenvalue weighted by Gasteiger charge is -2.60. The lowest BCUT2D eigenvalue weighted by molar-refractivity contribution is -0.156. The highest BCUT2D eigenvalue weighted by Crippen LogP contribution is 2.65. The average molecular weight is 293 g/mol. The maximum absolute atomic E-state index is 12.8. The molecule has 4 bridgehead atoms. The summed E-state index contributed by atoms with van der Waals surface area (Å²) in [7, 11) is 0. The molecule has 4 fully saturated rings. The van der Waals surface area contributed by atoms with E-state index in [4.69, 9.17) is 5.11 Å². The number of carboxylic acids is 1. The van der Waals surface area contributed by atoms with E-state index in [0.717, 1.165) is 31.1 Å². The van der Waals surface area contributed by atoms with Gasteiger partial charge in [-0.3, -0.25) is 9.59 Å². The molecule has 4 nitrogen and oxygen atoms in total. The van der Waals surface area contributed by atoms with Gasteiger partial charge in [-0.05, 0) is 69.1 Å². The number of rotatable bonds is 5. The number of hydrogen-bond donors (Lipinski definition) is 2. The summed E-state index contributed by atoms with van der Waals surface area (Å²) in [5.74, 6) is 0.867. The van der Waals surface area contributed by atoms with Gasteiger partial charge in [0.05, 0.1) is 5.41 Å². The first-order valence-corrected chi connectivity index (χ1v) is 8.33. The van der Waals surface area contributed by atoms with Gasteiger partial charge in [0, 0.05) is 12.5 Å². The zero-order valence-corrected chi connectivity index (χ0v) is 13.2. The Morgan fingerprint density at radius 1 is 1.24 bits per heavy atom. The average Bonchev–Trinajstić information content (AvgIpc) is 2.33. The maximum atomic E-state index is 12.8. The van der Waals surface area contributed by atoms with Crippen LogP contribution < -0.4 is 5.32 Å². The van der Waals surface area contributed by atoms with E-state index in [-0.39, 0.29) is 23.8 Å². The van der Waals surface area contributed by atoms with E-state index in [9.17, 15) is 9.59 Å². The molecule has 0 aromatic rings. The number of carbonyl (C=O) groups excluding carboxylic acids is 1. The number of hydrogen-bond acceptors (Lipinski definition) is 2. The molecule has 4 saturated carbocycles. The number of carbonyl (C=O) groups is 2. The van der Waals surface area contributed by atoms with Crippen molar-refractivity contribution in [2.45, 2.75) is 71.3 Å². The van der Waals surface area contributed by atoms with Crippen molar-refractivity contribution in [1.82, 2.24) is 5.32 Å². The Morgan fingerprint density at radius 3 is 2.38 bits per heavy atom. The first-order chi connectivity index (χ1) is 9.80. The highest BCUT2D eigenvalue weighted by molar-refractivity contribution is 5.83. The van der Waals surface area contributed by atoms with Crippen molar-refractivity contribution >= 4 is 11.9 Å². The predicted octanol–water partition coefficient (Wildman–Crippen LogP) is 2.96. The lowest BCUT2D eigenvalue weighted by Crippen LogP contribution is -2.57. The Labute approximate surface area is 126 Å². The fourth-order valence-corrected chi connectivity index (χ4v) is 5.78. The summed E-state index contributed by atoms with van der Waals surface area (Å²) in [6.45, 7) is 4.28. The van der Waals surface area contributed by atoms with Crippen molar-refractivity contribution in [3.05, 3.63) is 0 Å². The molecule has 0 spiro atoms. The molecule has 1 amide bonds. The SMILES string of the molecule is CC(CCC(=O)O)NC(=O)C12CC3CC(CC(C)(C3)C1)C2. The first-order valence-electron chi connectivity index (χ1n) is 8.33. The van der Waals surface area contributed by atoms with E-state index in [1.165, 1.54) is 19.3 Å². The van der Waals surface area contributed by atoms with Crippen LogP contribution in [0.1, 0.15) is 65.2 Å².